The van der Waals surface area contributed by atoms with Crippen LogP contribution in [-0.4, -0.2) is 44.9 Å². The van der Waals surface area contributed by atoms with Gasteiger partial charge >= 0.3 is 0 Å². The lowest BCUT2D eigenvalue weighted by Gasteiger charge is -2.26. The molecule has 1 atom stereocenters. The molecule has 2 aromatic rings. The summed E-state index contributed by atoms with van der Waals surface area (Å²) in [6, 6.07) is 11.0. The lowest BCUT2D eigenvalue weighted by Crippen LogP contribution is -2.41. The first-order chi connectivity index (χ1) is 13.8. The molecule has 1 heterocycles. The fourth-order valence-corrected chi connectivity index (χ4v) is 4.67. The number of rotatable bonds is 6. The number of halogens is 1. The van der Waals surface area contributed by atoms with Crippen molar-refractivity contribution >= 4 is 15.9 Å². The number of hydrogen-bond donors (Lipinski definition) is 1. The van der Waals surface area contributed by atoms with Crippen molar-refractivity contribution in [3.05, 3.63) is 65.0 Å². The summed E-state index contributed by atoms with van der Waals surface area (Å²) >= 11 is 0. The van der Waals surface area contributed by atoms with E-state index in [1.807, 2.05) is 31.2 Å². The predicted octanol–water partition coefficient (Wildman–Crippen LogP) is 2.90. The van der Waals surface area contributed by atoms with E-state index in [1.54, 1.807) is 0 Å². The summed E-state index contributed by atoms with van der Waals surface area (Å²) in [5, 5.41) is 2.84. The third-order valence-electron chi connectivity index (χ3n) is 5.02. The molecule has 0 radical (unpaired) electrons. The summed E-state index contributed by atoms with van der Waals surface area (Å²) in [5.74, 6) is -1.34. The Morgan fingerprint density at radius 3 is 2.45 bits per heavy atom. The quantitative estimate of drug-likeness (QED) is 0.780. The molecule has 2 aromatic carbocycles. The second-order valence-electron chi connectivity index (χ2n) is 6.95. The van der Waals surface area contributed by atoms with Gasteiger partial charge in [0.15, 0.2) is 0 Å². The lowest BCUT2D eigenvalue weighted by atomic mass is 10.0. The van der Waals surface area contributed by atoms with Crippen LogP contribution >= 0.6 is 0 Å². The highest BCUT2D eigenvalue weighted by molar-refractivity contribution is 7.89. The predicted molar refractivity (Wildman–Crippen MR) is 108 cm³/mol. The largest absolute Gasteiger partial charge is 0.379 e. The number of nitrogens with one attached hydrogen (secondary N) is 1. The van der Waals surface area contributed by atoms with E-state index >= 15 is 0 Å². The van der Waals surface area contributed by atoms with Gasteiger partial charge in [-0.05, 0) is 42.7 Å². The van der Waals surface area contributed by atoms with Crippen molar-refractivity contribution in [1.29, 1.82) is 0 Å². The molecule has 0 spiro atoms. The van der Waals surface area contributed by atoms with Crippen LogP contribution in [0.5, 0.6) is 0 Å². The molecule has 0 aromatic heterocycles. The monoisotopic (exact) mass is 420 g/mol. The molecule has 6 nitrogen and oxygen atoms in total. The van der Waals surface area contributed by atoms with Crippen molar-refractivity contribution in [2.24, 2.45) is 0 Å². The van der Waals surface area contributed by atoms with Gasteiger partial charge in [-0.1, -0.05) is 31.2 Å². The van der Waals surface area contributed by atoms with Crippen LogP contribution in [0.2, 0.25) is 0 Å². The highest BCUT2D eigenvalue weighted by Gasteiger charge is 2.30. The van der Waals surface area contributed by atoms with Crippen LogP contribution in [-0.2, 0) is 21.2 Å². The first-order valence-corrected chi connectivity index (χ1v) is 11.0. The van der Waals surface area contributed by atoms with Crippen molar-refractivity contribution in [1.82, 2.24) is 9.62 Å². The Balaban J connectivity index is 1.79. The molecule has 8 heteroatoms. The van der Waals surface area contributed by atoms with E-state index in [2.05, 4.69) is 12.2 Å². The number of benzene rings is 2. The number of nitrogens with zero attached hydrogens (tertiary/aromatic N) is 1. The zero-order chi connectivity index (χ0) is 21.0. The summed E-state index contributed by atoms with van der Waals surface area (Å²) in [6.07, 6.45) is 0.928. The number of hydrogen-bond acceptors (Lipinski definition) is 4. The van der Waals surface area contributed by atoms with Crippen LogP contribution in [0.15, 0.2) is 47.4 Å². The molecule has 1 fully saturated rings. The van der Waals surface area contributed by atoms with E-state index in [1.165, 1.54) is 15.9 Å². The summed E-state index contributed by atoms with van der Waals surface area (Å²) < 4.78 is 46.2. The van der Waals surface area contributed by atoms with Crippen LogP contribution in [0.25, 0.3) is 0 Å². The van der Waals surface area contributed by atoms with Gasteiger partial charge in [0, 0.05) is 18.7 Å². The minimum absolute atomic E-state index is 0.0928. The number of ether oxygens (including phenoxy) is 1. The fourth-order valence-electron chi connectivity index (χ4n) is 3.17. The van der Waals surface area contributed by atoms with Crippen molar-refractivity contribution < 1.29 is 22.3 Å². The third kappa shape index (κ3) is 4.83. The van der Waals surface area contributed by atoms with Crippen LogP contribution in [0.3, 0.4) is 0 Å². The number of aryl methyl sites for hydroxylation is 1. The number of carbonyl (C=O) groups excluding carboxylic acids is 1. The Bertz CT molecular complexity index is 971. The number of morpholine rings is 1. The van der Waals surface area contributed by atoms with Crippen molar-refractivity contribution in [2.45, 2.75) is 31.2 Å². The van der Waals surface area contributed by atoms with Gasteiger partial charge in [0.05, 0.1) is 19.3 Å². The summed E-state index contributed by atoms with van der Waals surface area (Å²) in [4.78, 5) is 12.2. The smallest absolute Gasteiger partial charge is 0.251 e. The Kier molecular flexibility index (Phi) is 6.66. The number of sulfonamides is 1. The first kappa shape index (κ1) is 21.4. The van der Waals surface area contributed by atoms with Crippen molar-refractivity contribution in [2.75, 3.05) is 26.3 Å². The number of amides is 1. The zero-order valence-electron chi connectivity index (χ0n) is 16.5. The lowest BCUT2D eigenvalue weighted by molar-refractivity contribution is 0.0729. The fraction of sp³-hybridized carbons (Fsp3) is 0.381. The minimum Gasteiger partial charge on any atom is -0.379 e. The van der Waals surface area contributed by atoms with Crippen LogP contribution in [0.4, 0.5) is 4.39 Å². The molecule has 0 bridgehead atoms. The molecule has 1 saturated heterocycles. The van der Waals surface area contributed by atoms with E-state index in [9.17, 15) is 17.6 Å². The van der Waals surface area contributed by atoms with Crippen LogP contribution in [0.1, 0.15) is 41.4 Å². The molecular formula is C21H25FN2O4S. The molecule has 0 aliphatic carbocycles. The second-order valence-corrected chi connectivity index (χ2v) is 8.86. The topological polar surface area (TPSA) is 75.7 Å². The first-order valence-electron chi connectivity index (χ1n) is 9.60. The summed E-state index contributed by atoms with van der Waals surface area (Å²) in [7, 11) is -4.04. The Labute approximate surface area is 170 Å². The Hall–Kier alpha value is -2.29. The number of carbonyl (C=O) groups is 1. The van der Waals surface area contributed by atoms with E-state index in [0.29, 0.717) is 0 Å². The molecule has 1 aliphatic rings. The molecule has 1 amide bonds. The van der Waals surface area contributed by atoms with Gasteiger partial charge in [0.2, 0.25) is 10.0 Å². The Morgan fingerprint density at radius 2 is 1.83 bits per heavy atom. The van der Waals surface area contributed by atoms with E-state index in [4.69, 9.17) is 4.74 Å². The maximum atomic E-state index is 14.3. The normalized spacial score (nSPS) is 16.4. The van der Waals surface area contributed by atoms with Gasteiger partial charge < -0.3 is 10.1 Å². The maximum Gasteiger partial charge on any atom is 0.251 e. The highest BCUT2D eigenvalue weighted by Crippen LogP contribution is 2.22. The van der Waals surface area contributed by atoms with Gasteiger partial charge in [-0.15, -0.1) is 0 Å². The van der Waals surface area contributed by atoms with Gasteiger partial charge in [0.25, 0.3) is 5.91 Å². The van der Waals surface area contributed by atoms with Gasteiger partial charge in [-0.3, -0.25) is 4.79 Å². The molecule has 1 unspecified atom stereocenters. The van der Waals surface area contributed by atoms with E-state index in [-0.39, 0.29) is 37.9 Å². The SMILES string of the molecule is CCc1ccc(C(C)NC(=O)c2ccc(F)c(S(=O)(=O)N3CCOCC3)c2)cc1. The Morgan fingerprint density at radius 1 is 1.17 bits per heavy atom. The van der Waals surface area contributed by atoms with Crippen molar-refractivity contribution in [3.8, 4) is 0 Å². The molecule has 29 heavy (non-hydrogen) atoms. The van der Waals surface area contributed by atoms with Crippen molar-refractivity contribution in [3.63, 3.8) is 0 Å². The molecule has 1 N–H and O–H groups in total. The van der Waals surface area contributed by atoms with Gasteiger partial charge in [-0.25, -0.2) is 12.8 Å². The molecule has 3 rings (SSSR count). The standard InChI is InChI=1S/C21H25FN2O4S/c1-3-16-4-6-17(7-5-16)15(2)23-21(25)18-8-9-19(22)20(14-18)29(26,27)24-10-12-28-13-11-24/h4-9,14-15H,3,10-13H2,1-2H3,(H,23,25). The highest BCUT2D eigenvalue weighted by atomic mass is 32.2. The van der Waals surface area contributed by atoms with Gasteiger partial charge in [-0.2, -0.15) is 4.31 Å². The summed E-state index contributed by atoms with van der Waals surface area (Å²) in [6.45, 7) is 4.74. The van der Waals surface area contributed by atoms with Crippen LogP contribution in [0, 0.1) is 5.82 Å². The molecule has 156 valence electrons. The minimum atomic E-state index is -4.04. The molecular weight excluding hydrogens is 395 g/mol. The average molecular weight is 421 g/mol. The third-order valence-corrected chi connectivity index (χ3v) is 6.93. The maximum absolute atomic E-state index is 14.3. The van der Waals surface area contributed by atoms with E-state index < -0.39 is 26.6 Å². The molecule has 1 aliphatic heterocycles. The summed E-state index contributed by atoms with van der Waals surface area (Å²) in [5.41, 5.74) is 2.22. The second kappa shape index (κ2) is 9.02. The van der Waals surface area contributed by atoms with E-state index in [0.717, 1.165) is 24.1 Å². The zero-order valence-corrected chi connectivity index (χ0v) is 17.3. The molecule has 0 saturated carbocycles. The average Bonchev–Trinajstić information content (AvgIpc) is 2.74. The van der Waals surface area contributed by atoms with Crippen LogP contribution < -0.4 is 5.32 Å². The van der Waals surface area contributed by atoms with Gasteiger partial charge in [0.1, 0.15) is 10.7 Å².